The van der Waals surface area contributed by atoms with Crippen LogP contribution >= 0.6 is 0 Å². The quantitative estimate of drug-likeness (QED) is 0.731. The first kappa shape index (κ1) is 9.98. The van der Waals surface area contributed by atoms with Crippen molar-refractivity contribution in [3.63, 3.8) is 0 Å². The van der Waals surface area contributed by atoms with Crippen LogP contribution in [0.1, 0.15) is 28.9 Å². The van der Waals surface area contributed by atoms with Gasteiger partial charge >= 0.3 is 5.97 Å². The van der Waals surface area contributed by atoms with Gasteiger partial charge < -0.3 is 15.2 Å². The summed E-state index contributed by atoms with van der Waals surface area (Å²) in [6.07, 6.45) is 0. The predicted octanol–water partition coefficient (Wildman–Crippen LogP) is 1.43. The number of benzene rings is 1. The Bertz CT molecular complexity index is 389. The number of hydrogen-bond donors (Lipinski definition) is 2. The number of carbonyl (C=O) groups is 1. The molecule has 4 nitrogen and oxygen atoms in total. The van der Waals surface area contributed by atoms with Gasteiger partial charge in [0, 0.05) is 18.2 Å². The monoisotopic (exact) mass is 207 g/mol. The summed E-state index contributed by atoms with van der Waals surface area (Å²) in [5, 5.41) is 12.1. The molecule has 1 atom stereocenters. The van der Waals surface area contributed by atoms with Crippen LogP contribution in [0.15, 0.2) is 18.2 Å². The van der Waals surface area contributed by atoms with E-state index >= 15 is 0 Å². The molecule has 15 heavy (non-hydrogen) atoms. The Labute approximate surface area is 87.9 Å². The number of fused-ring (bicyclic) bond motifs is 1. The van der Waals surface area contributed by atoms with Crippen molar-refractivity contribution < 1.29 is 14.6 Å². The van der Waals surface area contributed by atoms with Crippen LogP contribution in [0, 0.1) is 0 Å². The summed E-state index contributed by atoms with van der Waals surface area (Å²) in [6, 6.07) is 5.20. The van der Waals surface area contributed by atoms with E-state index in [0.29, 0.717) is 12.4 Å². The topological polar surface area (TPSA) is 58.6 Å². The average molecular weight is 207 g/mol. The molecule has 0 radical (unpaired) electrons. The first-order chi connectivity index (χ1) is 7.18. The summed E-state index contributed by atoms with van der Waals surface area (Å²) < 4.78 is 5.48. The summed E-state index contributed by atoms with van der Waals surface area (Å²) in [5.41, 5.74) is 1.28. The van der Waals surface area contributed by atoms with Crippen molar-refractivity contribution in [3.8, 4) is 5.75 Å². The Kier molecular flexibility index (Phi) is 2.60. The maximum atomic E-state index is 10.8. The van der Waals surface area contributed by atoms with Gasteiger partial charge in [-0.15, -0.1) is 0 Å². The molecule has 1 aromatic carbocycles. The molecule has 80 valence electrons. The molecule has 0 aromatic heterocycles. The number of ether oxygens (including phenoxy) is 1. The van der Waals surface area contributed by atoms with Gasteiger partial charge in [0.2, 0.25) is 0 Å². The van der Waals surface area contributed by atoms with Gasteiger partial charge in [-0.2, -0.15) is 0 Å². The van der Waals surface area contributed by atoms with Gasteiger partial charge in [-0.3, -0.25) is 0 Å². The minimum atomic E-state index is -0.925. The fourth-order valence-electron chi connectivity index (χ4n) is 1.70. The zero-order valence-electron chi connectivity index (χ0n) is 8.49. The largest absolute Gasteiger partial charge is 0.492 e. The van der Waals surface area contributed by atoms with Crippen molar-refractivity contribution in [2.75, 3.05) is 13.2 Å². The molecule has 0 aliphatic carbocycles. The molecule has 0 bridgehead atoms. The van der Waals surface area contributed by atoms with Crippen LogP contribution < -0.4 is 10.1 Å². The van der Waals surface area contributed by atoms with E-state index in [2.05, 4.69) is 5.32 Å². The first-order valence-electron chi connectivity index (χ1n) is 4.92. The second kappa shape index (κ2) is 3.90. The van der Waals surface area contributed by atoms with E-state index in [-0.39, 0.29) is 11.6 Å². The lowest BCUT2D eigenvalue weighted by molar-refractivity contribution is 0.0696. The van der Waals surface area contributed by atoms with Crippen molar-refractivity contribution in [2.24, 2.45) is 0 Å². The van der Waals surface area contributed by atoms with Gasteiger partial charge in [-0.25, -0.2) is 4.79 Å². The van der Waals surface area contributed by atoms with Crippen LogP contribution in [-0.2, 0) is 0 Å². The fraction of sp³-hybridized carbons (Fsp3) is 0.364. The van der Waals surface area contributed by atoms with Gasteiger partial charge in [0.15, 0.2) is 0 Å². The van der Waals surface area contributed by atoms with Crippen LogP contribution in [0.25, 0.3) is 0 Å². The number of carboxylic acids is 1. The van der Waals surface area contributed by atoms with Crippen molar-refractivity contribution in [3.05, 3.63) is 29.3 Å². The fourth-order valence-corrected chi connectivity index (χ4v) is 1.70. The highest BCUT2D eigenvalue weighted by molar-refractivity contribution is 5.88. The molecule has 2 N–H and O–H groups in total. The van der Waals surface area contributed by atoms with Crippen molar-refractivity contribution in [2.45, 2.75) is 13.0 Å². The Balaban J connectivity index is 2.42. The van der Waals surface area contributed by atoms with Crippen LogP contribution in [-0.4, -0.2) is 24.2 Å². The standard InChI is InChI=1S/C11H13NO3/c1-7-9-3-2-8(11(13)14)6-10(9)15-5-4-12-7/h2-3,6-7,12H,4-5H2,1H3,(H,13,14)/t7-/m0/s1. The van der Waals surface area contributed by atoms with E-state index in [0.717, 1.165) is 12.1 Å². The van der Waals surface area contributed by atoms with Crippen molar-refractivity contribution in [1.82, 2.24) is 5.32 Å². The summed E-state index contributed by atoms with van der Waals surface area (Å²) in [4.78, 5) is 10.8. The Morgan fingerprint density at radius 3 is 3.13 bits per heavy atom. The maximum Gasteiger partial charge on any atom is 0.335 e. The number of rotatable bonds is 1. The number of nitrogens with one attached hydrogen (secondary N) is 1. The Morgan fingerprint density at radius 1 is 1.60 bits per heavy atom. The highest BCUT2D eigenvalue weighted by Crippen LogP contribution is 2.27. The third-order valence-corrected chi connectivity index (χ3v) is 2.54. The molecule has 2 rings (SSSR count). The van der Waals surface area contributed by atoms with Crippen molar-refractivity contribution in [1.29, 1.82) is 0 Å². The number of carboxylic acid groups (broad SMARTS) is 1. The molecular weight excluding hydrogens is 194 g/mol. The van der Waals surface area contributed by atoms with E-state index in [1.54, 1.807) is 12.1 Å². The number of hydrogen-bond acceptors (Lipinski definition) is 3. The van der Waals surface area contributed by atoms with Gasteiger partial charge in [0.05, 0.1) is 5.56 Å². The lowest BCUT2D eigenvalue weighted by Gasteiger charge is -2.12. The molecule has 4 heteroatoms. The van der Waals surface area contributed by atoms with Crippen LogP contribution in [0.4, 0.5) is 0 Å². The zero-order chi connectivity index (χ0) is 10.8. The minimum Gasteiger partial charge on any atom is -0.492 e. The highest BCUT2D eigenvalue weighted by Gasteiger charge is 2.16. The van der Waals surface area contributed by atoms with E-state index in [4.69, 9.17) is 9.84 Å². The van der Waals surface area contributed by atoms with E-state index in [1.165, 1.54) is 0 Å². The normalized spacial score (nSPS) is 19.9. The predicted molar refractivity (Wildman–Crippen MR) is 55.3 cm³/mol. The minimum absolute atomic E-state index is 0.199. The number of aromatic carboxylic acids is 1. The summed E-state index contributed by atoms with van der Waals surface area (Å²) in [5.74, 6) is -0.251. The van der Waals surface area contributed by atoms with E-state index < -0.39 is 5.97 Å². The second-order valence-electron chi connectivity index (χ2n) is 3.58. The lowest BCUT2D eigenvalue weighted by atomic mass is 10.0. The molecule has 0 saturated carbocycles. The Morgan fingerprint density at radius 2 is 2.40 bits per heavy atom. The SMILES string of the molecule is C[C@@H]1NCCOc2cc(C(=O)O)ccc21. The lowest BCUT2D eigenvalue weighted by Crippen LogP contribution is -2.20. The third-order valence-electron chi connectivity index (χ3n) is 2.54. The van der Waals surface area contributed by atoms with Crippen molar-refractivity contribution >= 4 is 5.97 Å². The molecule has 1 aliphatic heterocycles. The van der Waals surface area contributed by atoms with E-state index in [1.807, 2.05) is 13.0 Å². The van der Waals surface area contributed by atoms with Gasteiger partial charge in [0.1, 0.15) is 12.4 Å². The van der Waals surface area contributed by atoms with Gasteiger partial charge in [-0.1, -0.05) is 6.07 Å². The third kappa shape index (κ3) is 1.94. The molecule has 1 aliphatic rings. The Hall–Kier alpha value is -1.55. The molecule has 0 amide bonds. The van der Waals surface area contributed by atoms with Crippen LogP contribution in [0.2, 0.25) is 0 Å². The average Bonchev–Trinajstić information content (AvgIpc) is 2.40. The van der Waals surface area contributed by atoms with Crippen LogP contribution in [0.5, 0.6) is 5.75 Å². The molecule has 1 aromatic rings. The zero-order valence-corrected chi connectivity index (χ0v) is 8.49. The maximum absolute atomic E-state index is 10.8. The molecule has 0 spiro atoms. The molecule has 1 heterocycles. The molecule has 0 fully saturated rings. The van der Waals surface area contributed by atoms with Gasteiger partial charge in [0.25, 0.3) is 0 Å². The van der Waals surface area contributed by atoms with Gasteiger partial charge in [-0.05, 0) is 19.1 Å². The van der Waals surface area contributed by atoms with Crippen LogP contribution in [0.3, 0.4) is 0 Å². The first-order valence-corrected chi connectivity index (χ1v) is 4.92. The second-order valence-corrected chi connectivity index (χ2v) is 3.58. The van der Waals surface area contributed by atoms with E-state index in [9.17, 15) is 4.79 Å². The summed E-state index contributed by atoms with van der Waals surface area (Å²) >= 11 is 0. The molecule has 0 saturated heterocycles. The smallest absolute Gasteiger partial charge is 0.335 e. The highest BCUT2D eigenvalue weighted by atomic mass is 16.5. The summed E-state index contributed by atoms with van der Waals surface area (Å²) in [7, 11) is 0. The molecular formula is C11H13NO3. The molecule has 0 unspecified atom stereocenters. The summed E-state index contributed by atoms with van der Waals surface area (Å²) in [6.45, 7) is 3.38.